The van der Waals surface area contributed by atoms with Crippen molar-refractivity contribution in [3.63, 3.8) is 0 Å². The van der Waals surface area contributed by atoms with Crippen LogP contribution in [0.25, 0.3) is 0 Å². The molecule has 0 saturated carbocycles. The number of carbonyl (C=O) groups is 1. The van der Waals surface area contributed by atoms with E-state index in [1.54, 1.807) is 12.1 Å². The van der Waals surface area contributed by atoms with Crippen LogP contribution in [0.4, 0.5) is 0 Å². The van der Waals surface area contributed by atoms with Crippen LogP contribution in [0, 0.1) is 6.92 Å². The summed E-state index contributed by atoms with van der Waals surface area (Å²) >= 11 is 0. The van der Waals surface area contributed by atoms with E-state index in [4.69, 9.17) is 0 Å². The summed E-state index contributed by atoms with van der Waals surface area (Å²) in [7, 11) is 0. The summed E-state index contributed by atoms with van der Waals surface area (Å²) in [6.45, 7) is 1.82. The lowest BCUT2D eigenvalue weighted by atomic mass is 10.0. The van der Waals surface area contributed by atoms with E-state index in [0.717, 1.165) is 5.56 Å². The maximum atomic E-state index is 11.1. The van der Waals surface area contributed by atoms with Crippen LogP contribution in [-0.4, -0.2) is 11.1 Å². The minimum Gasteiger partial charge on any atom is -0.428 e. The number of fused-ring (bicyclic) bond motifs is 1. The maximum absolute atomic E-state index is 11.1. The van der Waals surface area contributed by atoms with Crippen molar-refractivity contribution in [1.82, 2.24) is 0 Å². The van der Waals surface area contributed by atoms with Crippen LogP contribution in [-0.2, 0) is 4.74 Å². The first-order valence-electron chi connectivity index (χ1n) is 3.68. The van der Waals surface area contributed by atoms with E-state index in [9.17, 15) is 9.90 Å². The second kappa shape index (κ2) is 2.32. The molecule has 1 atom stereocenters. The van der Waals surface area contributed by atoms with E-state index in [-0.39, 0.29) is 0 Å². The van der Waals surface area contributed by atoms with Gasteiger partial charge in [0.05, 0.1) is 5.56 Å². The third-order valence-corrected chi connectivity index (χ3v) is 1.99. The highest BCUT2D eigenvalue weighted by Gasteiger charge is 2.30. The number of esters is 1. The summed E-state index contributed by atoms with van der Waals surface area (Å²) < 4.78 is 4.63. The number of cyclic esters (lactones) is 1. The lowest BCUT2D eigenvalue weighted by molar-refractivity contribution is -0.0547. The molecule has 0 aliphatic carbocycles. The average Bonchev–Trinajstić information content (AvgIpc) is 2.29. The molecule has 0 aromatic heterocycles. The Labute approximate surface area is 69.6 Å². The number of benzene rings is 1. The zero-order valence-electron chi connectivity index (χ0n) is 6.57. The van der Waals surface area contributed by atoms with Crippen molar-refractivity contribution >= 4 is 5.97 Å². The van der Waals surface area contributed by atoms with Crippen LogP contribution in [0.15, 0.2) is 18.2 Å². The van der Waals surface area contributed by atoms with Gasteiger partial charge in [0.2, 0.25) is 6.29 Å². The van der Waals surface area contributed by atoms with E-state index < -0.39 is 12.3 Å². The second-order valence-corrected chi connectivity index (χ2v) is 2.80. The average molecular weight is 164 g/mol. The molecule has 1 heterocycles. The first-order valence-corrected chi connectivity index (χ1v) is 3.68. The third-order valence-electron chi connectivity index (χ3n) is 1.99. The highest BCUT2D eigenvalue weighted by molar-refractivity contribution is 5.95. The van der Waals surface area contributed by atoms with Crippen molar-refractivity contribution in [1.29, 1.82) is 0 Å². The lowest BCUT2D eigenvalue weighted by Crippen LogP contribution is -1.97. The number of aryl methyl sites for hydroxylation is 1. The van der Waals surface area contributed by atoms with Gasteiger partial charge in [-0.3, -0.25) is 0 Å². The van der Waals surface area contributed by atoms with Gasteiger partial charge in [-0.25, -0.2) is 4.79 Å². The Morgan fingerprint density at radius 2 is 2.25 bits per heavy atom. The molecule has 1 aromatic carbocycles. The molecule has 3 nitrogen and oxygen atoms in total. The molecular weight excluding hydrogens is 156 g/mol. The summed E-state index contributed by atoms with van der Waals surface area (Å²) in [6, 6.07) is 5.30. The van der Waals surface area contributed by atoms with E-state index in [0.29, 0.717) is 11.1 Å². The van der Waals surface area contributed by atoms with Crippen molar-refractivity contribution < 1.29 is 14.6 Å². The number of aliphatic hydroxyl groups excluding tert-OH is 1. The quantitative estimate of drug-likeness (QED) is 0.585. The molecule has 3 heteroatoms. The molecule has 1 N–H and O–H groups in total. The summed E-state index contributed by atoms with van der Waals surface area (Å²) in [6.07, 6.45) is -1.08. The predicted molar refractivity (Wildman–Crippen MR) is 41.6 cm³/mol. The molecule has 0 radical (unpaired) electrons. The van der Waals surface area contributed by atoms with Crippen LogP contribution < -0.4 is 0 Å². The summed E-state index contributed by atoms with van der Waals surface area (Å²) in [4.78, 5) is 11.1. The van der Waals surface area contributed by atoms with Gasteiger partial charge in [0.1, 0.15) is 0 Å². The number of hydrogen-bond donors (Lipinski definition) is 1. The van der Waals surface area contributed by atoms with E-state index >= 15 is 0 Å². The summed E-state index contributed by atoms with van der Waals surface area (Å²) in [5.74, 6) is -0.435. The van der Waals surface area contributed by atoms with Crippen molar-refractivity contribution in [2.45, 2.75) is 13.2 Å². The van der Waals surface area contributed by atoms with Crippen LogP contribution in [0.1, 0.15) is 27.8 Å². The fourth-order valence-corrected chi connectivity index (χ4v) is 1.40. The lowest BCUT2D eigenvalue weighted by Gasteiger charge is -2.00. The first kappa shape index (κ1) is 7.31. The summed E-state index contributed by atoms with van der Waals surface area (Å²) in [5, 5.41) is 9.23. The Morgan fingerprint density at radius 1 is 1.50 bits per heavy atom. The van der Waals surface area contributed by atoms with Gasteiger partial charge in [-0.1, -0.05) is 18.2 Å². The van der Waals surface area contributed by atoms with E-state index in [2.05, 4.69) is 4.74 Å². The van der Waals surface area contributed by atoms with Gasteiger partial charge < -0.3 is 9.84 Å². The summed E-state index contributed by atoms with van der Waals surface area (Å²) in [5.41, 5.74) is 1.92. The molecular formula is C9H8O3. The van der Waals surface area contributed by atoms with Gasteiger partial charge >= 0.3 is 5.97 Å². The topological polar surface area (TPSA) is 46.5 Å². The van der Waals surface area contributed by atoms with Crippen LogP contribution in [0.3, 0.4) is 0 Å². The van der Waals surface area contributed by atoms with E-state index in [1.807, 2.05) is 13.0 Å². The van der Waals surface area contributed by atoms with Gasteiger partial charge in [-0.15, -0.1) is 0 Å². The highest BCUT2D eigenvalue weighted by atomic mass is 16.6. The van der Waals surface area contributed by atoms with Crippen molar-refractivity contribution in [2.24, 2.45) is 0 Å². The predicted octanol–water partition coefficient (Wildman–Crippen LogP) is 1.16. The number of rotatable bonds is 0. The Hall–Kier alpha value is -1.35. The monoisotopic (exact) mass is 164 g/mol. The van der Waals surface area contributed by atoms with Crippen LogP contribution in [0.5, 0.6) is 0 Å². The molecule has 0 amide bonds. The van der Waals surface area contributed by atoms with Gasteiger partial charge in [-0.05, 0) is 12.5 Å². The third kappa shape index (κ3) is 0.833. The Bertz CT molecular complexity index is 344. The largest absolute Gasteiger partial charge is 0.428 e. The molecule has 1 aromatic rings. The zero-order valence-corrected chi connectivity index (χ0v) is 6.57. The molecule has 2 rings (SSSR count). The van der Waals surface area contributed by atoms with Crippen LogP contribution >= 0.6 is 0 Å². The number of hydrogen-bond acceptors (Lipinski definition) is 3. The van der Waals surface area contributed by atoms with E-state index in [1.165, 1.54) is 0 Å². The number of carbonyl (C=O) groups excluding carboxylic acids is 1. The second-order valence-electron chi connectivity index (χ2n) is 2.80. The standard InChI is InChI=1S/C9H8O3/c1-5-3-2-4-6-7(5)9(11)12-8(6)10/h2-4,8,10H,1H3/t8-/m0/s1. The Kier molecular flexibility index (Phi) is 1.41. The molecule has 0 spiro atoms. The smallest absolute Gasteiger partial charge is 0.341 e. The molecule has 62 valence electrons. The van der Waals surface area contributed by atoms with Crippen molar-refractivity contribution in [2.75, 3.05) is 0 Å². The molecule has 12 heavy (non-hydrogen) atoms. The Balaban J connectivity index is 2.67. The van der Waals surface area contributed by atoms with Gasteiger partial charge in [0, 0.05) is 5.56 Å². The van der Waals surface area contributed by atoms with Gasteiger partial charge in [-0.2, -0.15) is 0 Å². The molecule has 1 aliphatic rings. The molecule has 0 unspecified atom stereocenters. The maximum Gasteiger partial charge on any atom is 0.341 e. The van der Waals surface area contributed by atoms with Gasteiger partial charge in [0.15, 0.2) is 0 Å². The number of ether oxygens (including phenoxy) is 1. The molecule has 0 fully saturated rings. The molecule has 0 saturated heterocycles. The minimum absolute atomic E-state index is 0.435. The molecule has 0 bridgehead atoms. The highest BCUT2D eigenvalue weighted by Crippen LogP contribution is 2.30. The SMILES string of the molecule is Cc1cccc2c1C(=O)O[C@@H]2O. The molecule has 1 aliphatic heterocycles. The Morgan fingerprint density at radius 3 is 2.92 bits per heavy atom. The minimum atomic E-state index is -1.08. The van der Waals surface area contributed by atoms with Crippen LogP contribution in [0.2, 0.25) is 0 Å². The van der Waals surface area contributed by atoms with Gasteiger partial charge in [0.25, 0.3) is 0 Å². The van der Waals surface area contributed by atoms with Crippen molar-refractivity contribution in [3.8, 4) is 0 Å². The fraction of sp³-hybridized carbons (Fsp3) is 0.222. The number of aliphatic hydroxyl groups is 1. The first-order chi connectivity index (χ1) is 5.70. The fourth-order valence-electron chi connectivity index (χ4n) is 1.40. The zero-order chi connectivity index (χ0) is 8.72. The normalized spacial score (nSPS) is 20.5. The van der Waals surface area contributed by atoms with Crippen molar-refractivity contribution in [3.05, 3.63) is 34.9 Å².